The Morgan fingerprint density at radius 3 is 2.07 bits per heavy atom. The molecule has 0 aromatic heterocycles. The summed E-state index contributed by atoms with van der Waals surface area (Å²) in [5, 5.41) is 8.65. The number of aliphatic carboxylic acids is 1. The van der Waals surface area contributed by atoms with Gasteiger partial charge in [0.25, 0.3) is 0 Å². The fraction of sp³-hybridized carbons (Fsp3) is 0.750. The van der Waals surface area contributed by atoms with Gasteiger partial charge in [0.05, 0.1) is 0 Å². The van der Waals surface area contributed by atoms with Crippen molar-refractivity contribution in [1.82, 2.24) is 4.90 Å². The zero-order valence-corrected chi connectivity index (χ0v) is 10.3. The molecule has 0 atom stereocenters. The monoisotopic (exact) mass is 213 g/mol. The van der Waals surface area contributed by atoms with E-state index in [1.54, 1.807) is 0 Å². The van der Waals surface area contributed by atoms with Crippen LogP contribution in [0.4, 0.5) is 0 Å². The molecule has 0 aromatic rings. The van der Waals surface area contributed by atoms with Crippen molar-refractivity contribution in [2.75, 3.05) is 6.54 Å². The van der Waals surface area contributed by atoms with Gasteiger partial charge in [-0.1, -0.05) is 6.58 Å². The molecule has 0 aromatic carbocycles. The first-order valence-electron chi connectivity index (χ1n) is 5.53. The van der Waals surface area contributed by atoms with Crippen molar-refractivity contribution < 1.29 is 9.90 Å². The van der Waals surface area contributed by atoms with Crippen LogP contribution in [0.1, 0.15) is 40.5 Å². The minimum atomic E-state index is -0.879. The first-order valence-corrected chi connectivity index (χ1v) is 5.53. The summed E-state index contributed by atoms with van der Waals surface area (Å²) in [6.45, 7) is 13.1. The number of carbonyl (C=O) groups is 1. The lowest BCUT2D eigenvalue weighted by Gasteiger charge is -2.30. The highest BCUT2D eigenvalue weighted by Gasteiger charge is 2.13. The standard InChI is InChI=1S/C12H23NO2/c1-9(2)13(10(3)4)8-6-7-11(5)12(14)15/h9-10H,5-8H2,1-4H3,(H,14,15). The number of nitrogens with zero attached hydrogens (tertiary/aromatic N) is 1. The Labute approximate surface area is 92.8 Å². The molecule has 0 aliphatic rings. The van der Waals surface area contributed by atoms with E-state index in [-0.39, 0.29) is 0 Å². The molecule has 1 N–H and O–H groups in total. The molecular weight excluding hydrogens is 190 g/mol. The third-order valence-electron chi connectivity index (χ3n) is 2.52. The molecule has 3 heteroatoms. The lowest BCUT2D eigenvalue weighted by molar-refractivity contribution is -0.132. The highest BCUT2D eigenvalue weighted by atomic mass is 16.4. The van der Waals surface area contributed by atoms with Gasteiger partial charge < -0.3 is 5.11 Å². The first-order chi connectivity index (χ1) is 6.86. The Hall–Kier alpha value is -0.830. The van der Waals surface area contributed by atoms with Crippen molar-refractivity contribution in [3.8, 4) is 0 Å². The lowest BCUT2D eigenvalue weighted by atomic mass is 10.1. The van der Waals surface area contributed by atoms with Crippen molar-refractivity contribution in [2.45, 2.75) is 52.6 Å². The van der Waals surface area contributed by atoms with Gasteiger partial charge in [0.1, 0.15) is 0 Å². The van der Waals surface area contributed by atoms with E-state index in [0.717, 1.165) is 13.0 Å². The normalized spacial score (nSPS) is 11.4. The Kier molecular flexibility index (Phi) is 6.25. The van der Waals surface area contributed by atoms with E-state index < -0.39 is 5.97 Å². The van der Waals surface area contributed by atoms with Gasteiger partial charge in [-0.15, -0.1) is 0 Å². The maximum Gasteiger partial charge on any atom is 0.330 e. The smallest absolute Gasteiger partial charge is 0.330 e. The van der Waals surface area contributed by atoms with E-state index >= 15 is 0 Å². The van der Waals surface area contributed by atoms with E-state index in [1.165, 1.54) is 0 Å². The number of carboxylic acid groups (broad SMARTS) is 1. The molecule has 0 bridgehead atoms. The topological polar surface area (TPSA) is 40.5 Å². The summed E-state index contributed by atoms with van der Waals surface area (Å²) < 4.78 is 0. The highest BCUT2D eigenvalue weighted by molar-refractivity contribution is 5.85. The fourth-order valence-electron chi connectivity index (χ4n) is 1.69. The van der Waals surface area contributed by atoms with Crippen LogP contribution in [0.15, 0.2) is 12.2 Å². The molecule has 0 aliphatic carbocycles. The Morgan fingerprint density at radius 1 is 1.27 bits per heavy atom. The van der Waals surface area contributed by atoms with E-state index in [4.69, 9.17) is 5.11 Å². The number of hydrogen-bond acceptors (Lipinski definition) is 2. The second-order valence-electron chi connectivity index (χ2n) is 4.44. The predicted octanol–water partition coefficient (Wildman–Crippen LogP) is 2.53. The maximum atomic E-state index is 10.5. The zero-order valence-electron chi connectivity index (χ0n) is 10.3. The van der Waals surface area contributed by atoms with Crippen LogP contribution in [0.25, 0.3) is 0 Å². The van der Waals surface area contributed by atoms with Crippen LogP contribution in [0.5, 0.6) is 0 Å². The highest BCUT2D eigenvalue weighted by Crippen LogP contribution is 2.09. The average molecular weight is 213 g/mol. The molecule has 0 heterocycles. The summed E-state index contributed by atoms with van der Waals surface area (Å²) in [7, 11) is 0. The minimum Gasteiger partial charge on any atom is -0.478 e. The number of rotatable bonds is 7. The molecule has 3 nitrogen and oxygen atoms in total. The van der Waals surface area contributed by atoms with Gasteiger partial charge in [-0.05, 0) is 47.1 Å². The van der Waals surface area contributed by atoms with Crippen LogP contribution in [-0.4, -0.2) is 34.6 Å². The predicted molar refractivity (Wildman–Crippen MR) is 63.0 cm³/mol. The van der Waals surface area contributed by atoms with Gasteiger partial charge in [0.15, 0.2) is 0 Å². The van der Waals surface area contributed by atoms with Crippen molar-refractivity contribution >= 4 is 5.97 Å². The molecule has 0 rings (SSSR count). The van der Waals surface area contributed by atoms with Gasteiger partial charge in [-0.3, -0.25) is 4.90 Å². The van der Waals surface area contributed by atoms with Crippen LogP contribution >= 0.6 is 0 Å². The van der Waals surface area contributed by atoms with Gasteiger partial charge in [0.2, 0.25) is 0 Å². The van der Waals surface area contributed by atoms with Gasteiger partial charge >= 0.3 is 5.97 Å². The summed E-state index contributed by atoms with van der Waals surface area (Å²) in [4.78, 5) is 12.9. The van der Waals surface area contributed by atoms with Crippen molar-refractivity contribution in [1.29, 1.82) is 0 Å². The molecule has 15 heavy (non-hydrogen) atoms. The van der Waals surface area contributed by atoms with Crippen molar-refractivity contribution in [3.63, 3.8) is 0 Å². The summed E-state index contributed by atoms with van der Waals surface area (Å²) in [6.07, 6.45) is 1.44. The van der Waals surface area contributed by atoms with Crippen molar-refractivity contribution in [2.24, 2.45) is 0 Å². The minimum absolute atomic E-state index is 0.308. The molecule has 0 saturated heterocycles. The number of carboxylic acids is 1. The first kappa shape index (κ1) is 14.2. The van der Waals surface area contributed by atoms with Crippen LogP contribution < -0.4 is 0 Å². The van der Waals surface area contributed by atoms with Gasteiger partial charge in [-0.2, -0.15) is 0 Å². The summed E-state index contributed by atoms with van der Waals surface area (Å²) in [5.41, 5.74) is 0.308. The fourth-order valence-corrected chi connectivity index (χ4v) is 1.69. The largest absolute Gasteiger partial charge is 0.478 e. The summed E-state index contributed by atoms with van der Waals surface area (Å²) >= 11 is 0. The third-order valence-corrected chi connectivity index (χ3v) is 2.52. The van der Waals surface area contributed by atoms with E-state index in [1.807, 2.05) is 0 Å². The molecule has 0 fully saturated rings. The Bertz CT molecular complexity index is 214. The second-order valence-corrected chi connectivity index (χ2v) is 4.44. The molecule has 0 aliphatic heterocycles. The van der Waals surface area contributed by atoms with Crippen LogP contribution in [0.3, 0.4) is 0 Å². The zero-order chi connectivity index (χ0) is 12.0. The molecule has 0 unspecified atom stereocenters. The lowest BCUT2D eigenvalue weighted by Crippen LogP contribution is -2.37. The molecule has 88 valence electrons. The summed E-state index contributed by atoms with van der Waals surface area (Å²) in [6, 6.07) is 1.01. The van der Waals surface area contributed by atoms with Crippen molar-refractivity contribution in [3.05, 3.63) is 12.2 Å². The third kappa shape index (κ3) is 5.57. The molecule has 0 saturated carbocycles. The second kappa shape index (κ2) is 6.62. The van der Waals surface area contributed by atoms with E-state index in [2.05, 4.69) is 39.2 Å². The summed E-state index contributed by atoms with van der Waals surface area (Å²) in [5.74, 6) is -0.879. The van der Waals surface area contributed by atoms with E-state index in [0.29, 0.717) is 24.1 Å². The van der Waals surface area contributed by atoms with Crippen LogP contribution in [0, 0.1) is 0 Å². The quantitative estimate of drug-likeness (QED) is 0.661. The molecule has 0 spiro atoms. The van der Waals surface area contributed by atoms with Gasteiger partial charge in [0, 0.05) is 17.7 Å². The average Bonchev–Trinajstić information content (AvgIpc) is 2.10. The van der Waals surface area contributed by atoms with Gasteiger partial charge in [-0.25, -0.2) is 4.79 Å². The SMILES string of the molecule is C=C(CCCN(C(C)C)C(C)C)C(=O)O. The molecular formula is C12H23NO2. The Morgan fingerprint density at radius 2 is 1.73 bits per heavy atom. The number of hydrogen-bond donors (Lipinski definition) is 1. The molecule has 0 amide bonds. The maximum absolute atomic E-state index is 10.5. The Balaban J connectivity index is 3.92. The van der Waals surface area contributed by atoms with Crippen LogP contribution in [-0.2, 0) is 4.79 Å². The molecule has 0 radical (unpaired) electrons. The van der Waals surface area contributed by atoms with Crippen LogP contribution in [0.2, 0.25) is 0 Å². The van der Waals surface area contributed by atoms with E-state index in [9.17, 15) is 4.79 Å².